The van der Waals surface area contributed by atoms with Gasteiger partial charge in [-0.25, -0.2) is 88.4 Å². The van der Waals surface area contributed by atoms with Crippen LogP contribution in [0.15, 0.2) is 103 Å². The molecule has 0 bridgehead atoms. The van der Waals surface area contributed by atoms with Crippen molar-refractivity contribution in [2.75, 3.05) is 0 Å². The molecule has 0 aliphatic carbocycles. The number of fused-ring (bicyclic) bond motifs is 9. The van der Waals surface area contributed by atoms with Crippen molar-refractivity contribution >= 4 is 75.1 Å². The standard InChI is InChI=1S/C60H20F19N3S/c1-19-40(61)42(63)36(43(64)41(19)62)20-4-9-33-28(16-20)29-17-23(39-48(69)54(75)58(79)55(76)49(39)70)5-10-34(29)82(33)60-59-25(12-13-80-60)30-18-24(6-11-35(30)83-59)81-31-7-2-21(37-44(65)50(71)56(77)51(72)45(37)66)14-26(31)27-15-22(3-8-32(27)81)38-46(67)52(73)57(78)53(74)47(38)68/h2-18H,1H3. The number of benzene rings is 9. The number of hydrogen-bond donors (Lipinski definition) is 0. The molecule has 83 heavy (non-hydrogen) atoms. The highest BCUT2D eigenvalue weighted by Gasteiger charge is 2.32. The summed E-state index contributed by atoms with van der Waals surface area (Å²) in [5.41, 5.74) is -7.65. The highest BCUT2D eigenvalue weighted by Crippen LogP contribution is 2.46. The van der Waals surface area contributed by atoms with Crippen molar-refractivity contribution in [3.05, 3.63) is 219 Å². The molecule has 0 unspecified atom stereocenters. The van der Waals surface area contributed by atoms with E-state index in [1.807, 2.05) is 0 Å². The minimum Gasteiger partial charge on any atom is -0.309 e. The molecule has 0 saturated heterocycles. The number of aromatic nitrogens is 3. The summed E-state index contributed by atoms with van der Waals surface area (Å²) in [4.78, 5) is 4.65. The number of hydrogen-bond acceptors (Lipinski definition) is 2. The summed E-state index contributed by atoms with van der Waals surface area (Å²) in [5, 5.41) is 0.633. The second-order valence-corrected chi connectivity index (χ2v) is 20.0. The Morgan fingerprint density at radius 3 is 0.964 bits per heavy atom. The molecule has 0 atom stereocenters. The molecule has 13 aromatic rings. The van der Waals surface area contributed by atoms with Gasteiger partial charge in [-0.3, -0.25) is 4.57 Å². The predicted octanol–water partition coefficient (Wildman–Crippen LogP) is 19.3. The molecule has 9 aromatic carbocycles. The molecule has 0 fully saturated rings. The van der Waals surface area contributed by atoms with Crippen LogP contribution in [-0.4, -0.2) is 14.1 Å². The van der Waals surface area contributed by atoms with Gasteiger partial charge in [-0.15, -0.1) is 11.3 Å². The van der Waals surface area contributed by atoms with Crippen molar-refractivity contribution in [3.8, 4) is 56.0 Å². The maximum atomic E-state index is 15.6. The summed E-state index contributed by atoms with van der Waals surface area (Å²) in [5.74, 6) is -41.1. The lowest BCUT2D eigenvalue weighted by Gasteiger charge is -2.11. The molecule has 414 valence electrons. The van der Waals surface area contributed by atoms with Crippen LogP contribution in [0.1, 0.15) is 5.56 Å². The van der Waals surface area contributed by atoms with E-state index in [0.29, 0.717) is 20.2 Å². The fourth-order valence-electron chi connectivity index (χ4n) is 10.7. The van der Waals surface area contributed by atoms with Crippen molar-refractivity contribution in [3.63, 3.8) is 0 Å². The highest BCUT2D eigenvalue weighted by atomic mass is 32.1. The Morgan fingerprint density at radius 2 is 0.614 bits per heavy atom. The van der Waals surface area contributed by atoms with Crippen molar-refractivity contribution in [1.82, 2.24) is 14.1 Å². The fraction of sp³-hybridized carbons (Fsp3) is 0.0167. The lowest BCUT2D eigenvalue weighted by atomic mass is 9.98. The lowest BCUT2D eigenvalue weighted by molar-refractivity contribution is 0.381. The average molecular weight is 1180 g/mol. The summed E-state index contributed by atoms with van der Waals surface area (Å²) in [6, 6.07) is 19.6. The van der Waals surface area contributed by atoms with Gasteiger partial charge in [0.2, 0.25) is 17.5 Å². The van der Waals surface area contributed by atoms with Crippen LogP contribution in [0.3, 0.4) is 0 Å². The molecular formula is C60H20F19N3S. The van der Waals surface area contributed by atoms with Crippen molar-refractivity contribution < 1.29 is 83.4 Å². The third kappa shape index (κ3) is 7.37. The first-order valence-electron chi connectivity index (χ1n) is 23.9. The van der Waals surface area contributed by atoms with Gasteiger partial charge in [0.25, 0.3) is 0 Å². The van der Waals surface area contributed by atoms with E-state index in [1.54, 1.807) is 24.3 Å². The van der Waals surface area contributed by atoms with E-state index in [9.17, 15) is 48.3 Å². The number of pyridine rings is 1. The van der Waals surface area contributed by atoms with Gasteiger partial charge in [0.15, 0.2) is 98.9 Å². The Balaban J connectivity index is 1.04. The molecule has 0 N–H and O–H groups in total. The zero-order valence-electron chi connectivity index (χ0n) is 40.7. The number of nitrogens with zero attached hydrogens (tertiary/aromatic N) is 3. The zero-order valence-corrected chi connectivity index (χ0v) is 41.6. The van der Waals surface area contributed by atoms with Crippen molar-refractivity contribution in [1.29, 1.82) is 0 Å². The molecule has 0 spiro atoms. The summed E-state index contributed by atoms with van der Waals surface area (Å²) in [6.45, 7) is 0.805. The summed E-state index contributed by atoms with van der Waals surface area (Å²) < 4.78 is 287. The van der Waals surface area contributed by atoms with E-state index in [2.05, 4.69) is 4.98 Å². The largest absolute Gasteiger partial charge is 0.309 e. The zero-order chi connectivity index (χ0) is 58.8. The van der Waals surface area contributed by atoms with E-state index < -0.39 is 161 Å². The average Bonchev–Trinajstić information content (AvgIpc) is 2.39. The number of rotatable bonds is 6. The quantitative estimate of drug-likeness (QED) is 0.0924. The van der Waals surface area contributed by atoms with Gasteiger partial charge in [0.05, 0.1) is 49.0 Å². The molecular weight excluding hydrogens is 1160 g/mol. The number of thiophene rings is 1. The fourth-order valence-corrected chi connectivity index (χ4v) is 11.9. The van der Waals surface area contributed by atoms with E-state index in [-0.39, 0.29) is 55.1 Å². The Hall–Kier alpha value is -9.38. The smallest absolute Gasteiger partial charge is 0.200 e. The molecule has 0 aliphatic heterocycles. The van der Waals surface area contributed by atoms with Crippen LogP contribution < -0.4 is 0 Å². The van der Waals surface area contributed by atoms with E-state index in [1.165, 1.54) is 39.6 Å². The SMILES string of the molecule is Cc1c(F)c(F)c(-c2ccc3c(c2)c2cc(-c4c(F)c(F)c(F)c(F)c4F)ccc2n3-c2nccc3c2sc2ccc(-n4c5ccc(-c6c(F)c(F)c(F)c(F)c6F)cc5c5cc(-c6c(F)c(F)c(F)c(F)c6F)ccc54)cc23)c(F)c1F. The second-order valence-electron chi connectivity index (χ2n) is 19.0. The van der Waals surface area contributed by atoms with Crippen LogP contribution in [0.4, 0.5) is 83.4 Å². The molecule has 0 aliphatic rings. The van der Waals surface area contributed by atoms with E-state index >= 15 is 35.1 Å². The van der Waals surface area contributed by atoms with Crippen molar-refractivity contribution in [2.24, 2.45) is 0 Å². The minimum atomic E-state index is -2.45. The first kappa shape index (κ1) is 53.0. The molecule has 0 saturated carbocycles. The second kappa shape index (κ2) is 18.6. The lowest BCUT2D eigenvalue weighted by Crippen LogP contribution is -2.04. The predicted molar refractivity (Wildman–Crippen MR) is 271 cm³/mol. The van der Waals surface area contributed by atoms with Crippen LogP contribution in [0.25, 0.3) is 120 Å². The van der Waals surface area contributed by atoms with Crippen molar-refractivity contribution in [2.45, 2.75) is 6.92 Å². The van der Waals surface area contributed by atoms with Crippen LogP contribution >= 0.6 is 11.3 Å². The number of halogens is 19. The third-order valence-electron chi connectivity index (χ3n) is 14.6. The molecule has 0 radical (unpaired) electrons. The maximum absolute atomic E-state index is 15.6. The molecule has 23 heteroatoms. The summed E-state index contributed by atoms with van der Waals surface area (Å²) in [6.07, 6.45) is 1.36. The van der Waals surface area contributed by atoms with Gasteiger partial charge < -0.3 is 4.57 Å². The van der Waals surface area contributed by atoms with Crippen LogP contribution in [0.5, 0.6) is 0 Å². The Morgan fingerprint density at radius 1 is 0.301 bits per heavy atom. The molecule has 0 amide bonds. The van der Waals surface area contributed by atoms with Gasteiger partial charge in [0.1, 0.15) is 0 Å². The van der Waals surface area contributed by atoms with Gasteiger partial charge in [-0.2, -0.15) is 0 Å². The highest BCUT2D eigenvalue weighted by molar-refractivity contribution is 7.26. The van der Waals surface area contributed by atoms with Crippen LogP contribution in [-0.2, 0) is 0 Å². The molecule has 4 heterocycles. The maximum Gasteiger partial charge on any atom is 0.200 e. The van der Waals surface area contributed by atoms with E-state index in [0.717, 1.165) is 66.8 Å². The molecule has 3 nitrogen and oxygen atoms in total. The summed E-state index contributed by atoms with van der Waals surface area (Å²) >= 11 is 1.13. The van der Waals surface area contributed by atoms with Gasteiger partial charge in [0, 0.05) is 54.5 Å². The minimum absolute atomic E-state index is 0.0383. The van der Waals surface area contributed by atoms with Gasteiger partial charge in [-0.1, -0.05) is 24.3 Å². The third-order valence-corrected chi connectivity index (χ3v) is 15.8. The molecule has 4 aromatic heterocycles. The van der Waals surface area contributed by atoms with Crippen LogP contribution in [0, 0.1) is 117 Å². The van der Waals surface area contributed by atoms with E-state index in [4.69, 9.17) is 0 Å². The monoisotopic (exact) mass is 1180 g/mol. The first-order chi connectivity index (χ1) is 39.5. The van der Waals surface area contributed by atoms with Gasteiger partial charge in [-0.05, 0) is 102 Å². The first-order valence-corrected chi connectivity index (χ1v) is 24.7. The summed E-state index contributed by atoms with van der Waals surface area (Å²) in [7, 11) is 0. The topological polar surface area (TPSA) is 22.8 Å². The Labute approximate surface area is 453 Å². The Kier molecular flexibility index (Phi) is 11.9. The van der Waals surface area contributed by atoms with Gasteiger partial charge >= 0.3 is 0 Å². The normalized spacial score (nSPS) is 12.1. The molecule has 13 rings (SSSR count). The van der Waals surface area contributed by atoms with Crippen LogP contribution in [0.2, 0.25) is 0 Å². The Bertz CT molecular complexity index is 4750.